The van der Waals surface area contributed by atoms with Crippen molar-refractivity contribution in [3.63, 3.8) is 0 Å². The molecule has 0 radical (unpaired) electrons. The maximum atomic E-state index is 13.2. The highest BCUT2D eigenvalue weighted by Crippen LogP contribution is 2.33. The van der Waals surface area contributed by atoms with Gasteiger partial charge in [0.1, 0.15) is 11.5 Å². The number of furan rings is 1. The number of carbonyl (C=O) groups is 1. The van der Waals surface area contributed by atoms with Crippen LogP contribution in [-0.2, 0) is 0 Å². The second-order valence-electron chi connectivity index (χ2n) is 8.25. The van der Waals surface area contributed by atoms with Crippen molar-refractivity contribution in [2.75, 3.05) is 6.54 Å². The zero-order valence-electron chi connectivity index (χ0n) is 18.9. The molecule has 0 fully saturated rings. The predicted octanol–water partition coefficient (Wildman–Crippen LogP) is 6.82. The lowest BCUT2D eigenvalue weighted by Crippen LogP contribution is -2.26. The molecule has 0 atom stereocenters. The Labute approximate surface area is 190 Å². The van der Waals surface area contributed by atoms with Gasteiger partial charge in [0.15, 0.2) is 0 Å². The Hall–Kier alpha value is -3.59. The predicted molar refractivity (Wildman–Crippen MR) is 130 cm³/mol. The summed E-state index contributed by atoms with van der Waals surface area (Å²) in [6, 6.07) is 29.1. The zero-order chi connectivity index (χ0) is 22.5. The normalized spacial score (nSPS) is 11.0. The van der Waals surface area contributed by atoms with Crippen LogP contribution in [0.5, 0.6) is 0 Å². The molecular weight excluding hydrogens is 394 g/mol. The van der Waals surface area contributed by atoms with Crippen LogP contribution in [0, 0.1) is 20.8 Å². The molecule has 3 heteroatoms. The van der Waals surface area contributed by atoms with E-state index in [1.807, 2.05) is 38.1 Å². The van der Waals surface area contributed by atoms with Crippen LogP contribution in [0.3, 0.4) is 0 Å². The van der Waals surface area contributed by atoms with E-state index in [2.05, 4.69) is 72.9 Å². The first-order valence-corrected chi connectivity index (χ1v) is 11.1. The van der Waals surface area contributed by atoms with Crippen molar-refractivity contribution < 1.29 is 9.21 Å². The lowest BCUT2D eigenvalue weighted by atomic mass is 9.88. The summed E-state index contributed by atoms with van der Waals surface area (Å²) in [5.74, 6) is 1.55. The van der Waals surface area contributed by atoms with E-state index in [-0.39, 0.29) is 11.8 Å². The number of aryl methyl sites for hydroxylation is 3. The third-order valence-corrected chi connectivity index (χ3v) is 5.95. The van der Waals surface area contributed by atoms with E-state index >= 15 is 0 Å². The van der Waals surface area contributed by atoms with E-state index in [0.717, 1.165) is 23.3 Å². The minimum absolute atomic E-state index is 0.0881. The van der Waals surface area contributed by atoms with Crippen molar-refractivity contribution in [3.8, 4) is 11.1 Å². The van der Waals surface area contributed by atoms with E-state index in [9.17, 15) is 4.79 Å². The van der Waals surface area contributed by atoms with Crippen molar-refractivity contribution >= 4 is 5.91 Å². The number of amides is 1. The highest BCUT2D eigenvalue weighted by Gasteiger charge is 2.23. The summed E-state index contributed by atoms with van der Waals surface area (Å²) in [7, 11) is 0. The summed E-state index contributed by atoms with van der Waals surface area (Å²) >= 11 is 0. The molecule has 3 aromatic carbocycles. The monoisotopic (exact) mass is 423 g/mol. The molecule has 32 heavy (non-hydrogen) atoms. The molecule has 0 saturated heterocycles. The molecule has 0 aliphatic rings. The van der Waals surface area contributed by atoms with Crippen LogP contribution in [0.15, 0.2) is 89.3 Å². The molecule has 0 unspecified atom stereocenters. The van der Waals surface area contributed by atoms with Crippen LogP contribution in [0.25, 0.3) is 11.1 Å². The SMILES string of the molecule is Cc1ccc(-c2c(C)oc(C)c2C(=O)NCCC(c2ccccc2)c2ccccc2)cc1. The largest absolute Gasteiger partial charge is 0.465 e. The average Bonchev–Trinajstić information content (AvgIpc) is 3.12. The van der Waals surface area contributed by atoms with Crippen molar-refractivity contribution in [1.29, 1.82) is 0 Å². The smallest absolute Gasteiger partial charge is 0.255 e. The Balaban J connectivity index is 1.53. The zero-order valence-corrected chi connectivity index (χ0v) is 18.9. The van der Waals surface area contributed by atoms with Gasteiger partial charge in [-0.1, -0.05) is 90.5 Å². The first kappa shape index (κ1) is 21.6. The van der Waals surface area contributed by atoms with Gasteiger partial charge in [-0.25, -0.2) is 0 Å². The van der Waals surface area contributed by atoms with Crippen LogP contribution in [0.2, 0.25) is 0 Å². The highest BCUT2D eigenvalue weighted by molar-refractivity contribution is 6.02. The molecule has 1 heterocycles. The van der Waals surface area contributed by atoms with Crippen LogP contribution in [0.1, 0.15) is 50.9 Å². The minimum Gasteiger partial charge on any atom is -0.465 e. The van der Waals surface area contributed by atoms with Gasteiger partial charge >= 0.3 is 0 Å². The summed E-state index contributed by atoms with van der Waals surface area (Å²) in [5, 5.41) is 3.15. The Morgan fingerprint density at radius 2 is 1.34 bits per heavy atom. The van der Waals surface area contributed by atoms with Gasteiger partial charge in [-0.3, -0.25) is 4.79 Å². The van der Waals surface area contributed by atoms with E-state index in [4.69, 9.17) is 4.42 Å². The molecule has 1 amide bonds. The van der Waals surface area contributed by atoms with E-state index in [1.165, 1.54) is 16.7 Å². The van der Waals surface area contributed by atoms with Crippen LogP contribution >= 0.6 is 0 Å². The number of rotatable bonds is 7. The second kappa shape index (κ2) is 9.69. The number of hydrogen-bond donors (Lipinski definition) is 1. The van der Waals surface area contributed by atoms with Gasteiger partial charge in [0, 0.05) is 18.0 Å². The first-order chi connectivity index (χ1) is 15.5. The fourth-order valence-electron chi connectivity index (χ4n) is 4.34. The number of hydrogen-bond acceptors (Lipinski definition) is 2. The molecule has 4 aromatic rings. The first-order valence-electron chi connectivity index (χ1n) is 11.1. The van der Waals surface area contributed by atoms with E-state index in [1.54, 1.807) is 0 Å². The maximum Gasteiger partial charge on any atom is 0.255 e. The number of benzene rings is 3. The molecule has 0 bridgehead atoms. The van der Waals surface area contributed by atoms with Crippen LogP contribution in [0.4, 0.5) is 0 Å². The van der Waals surface area contributed by atoms with Crippen LogP contribution in [-0.4, -0.2) is 12.5 Å². The third kappa shape index (κ3) is 4.67. The van der Waals surface area contributed by atoms with Crippen molar-refractivity contribution in [3.05, 3.63) is 119 Å². The van der Waals surface area contributed by atoms with Crippen molar-refractivity contribution in [2.24, 2.45) is 0 Å². The van der Waals surface area contributed by atoms with Crippen molar-refractivity contribution in [1.82, 2.24) is 5.32 Å². The Bertz CT molecular complexity index is 1140. The summed E-state index contributed by atoms with van der Waals surface area (Å²) in [6.07, 6.45) is 0.815. The van der Waals surface area contributed by atoms with Gasteiger partial charge in [0.05, 0.1) is 5.56 Å². The van der Waals surface area contributed by atoms with Gasteiger partial charge in [0.25, 0.3) is 5.91 Å². The van der Waals surface area contributed by atoms with Gasteiger partial charge in [0.2, 0.25) is 0 Å². The molecule has 0 saturated carbocycles. The number of carbonyl (C=O) groups excluding carboxylic acids is 1. The average molecular weight is 424 g/mol. The molecule has 162 valence electrons. The van der Waals surface area contributed by atoms with E-state index in [0.29, 0.717) is 17.9 Å². The number of nitrogens with one attached hydrogen (secondary N) is 1. The maximum absolute atomic E-state index is 13.2. The van der Waals surface area contributed by atoms with E-state index < -0.39 is 0 Å². The molecular formula is C29H29NO2. The van der Waals surface area contributed by atoms with Gasteiger partial charge < -0.3 is 9.73 Å². The summed E-state index contributed by atoms with van der Waals surface area (Å²) in [5.41, 5.74) is 6.20. The molecule has 1 N–H and O–H groups in total. The summed E-state index contributed by atoms with van der Waals surface area (Å²) in [4.78, 5) is 13.2. The van der Waals surface area contributed by atoms with Gasteiger partial charge in [-0.15, -0.1) is 0 Å². The fourth-order valence-corrected chi connectivity index (χ4v) is 4.34. The molecule has 0 aliphatic carbocycles. The Morgan fingerprint density at radius 3 is 1.91 bits per heavy atom. The molecule has 1 aromatic heterocycles. The fraction of sp³-hybridized carbons (Fsp3) is 0.207. The quantitative estimate of drug-likeness (QED) is 0.354. The standard InChI is InChI=1S/C29H29NO2/c1-20-14-16-25(17-15-20)27-21(2)32-22(3)28(27)29(31)30-19-18-26(23-10-6-4-7-11-23)24-12-8-5-9-13-24/h4-17,26H,18-19H2,1-3H3,(H,30,31). The Kier molecular flexibility index (Phi) is 6.55. The Morgan fingerprint density at radius 1 is 0.781 bits per heavy atom. The third-order valence-electron chi connectivity index (χ3n) is 5.95. The lowest BCUT2D eigenvalue weighted by molar-refractivity contribution is 0.0952. The molecule has 0 spiro atoms. The van der Waals surface area contributed by atoms with Crippen molar-refractivity contribution in [2.45, 2.75) is 33.1 Å². The minimum atomic E-state index is -0.0881. The van der Waals surface area contributed by atoms with Gasteiger partial charge in [-0.2, -0.15) is 0 Å². The summed E-state index contributed by atoms with van der Waals surface area (Å²) in [6.45, 7) is 6.40. The summed E-state index contributed by atoms with van der Waals surface area (Å²) < 4.78 is 5.86. The van der Waals surface area contributed by atoms with Gasteiger partial charge in [-0.05, 0) is 43.9 Å². The highest BCUT2D eigenvalue weighted by atomic mass is 16.3. The second-order valence-corrected chi connectivity index (χ2v) is 8.25. The molecule has 4 rings (SSSR count). The molecule has 3 nitrogen and oxygen atoms in total. The lowest BCUT2D eigenvalue weighted by Gasteiger charge is -2.18. The molecule has 0 aliphatic heterocycles. The van der Waals surface area contributed by atoms with Crippen LogP contribution < -0.4 is 5.32 Å². The topological polar surface area (TPSA) is 42.2 Å².